The van der Waals surface area contributed by atoms with Gasteiger partial charge in [0.2, 0.25) is 10.0 Å². The van der Waals surface area contributed by atoms with Gasteiger partial charge >= 0.3 is 0 Å². The molecule has 1 N–H and O–H groups in total. The third-order valence-corrected chi connectivity index (χ3v) is 5.59. The summed E-state index contributed by atoms with van der Waals surface area (Å²) in [5.41, 5.74) is 1.97. The van der Waals surface area contributed by atoms with Crippen LogP contribution in [0, 0.1) is 0 Å². The van der Waals surface area contributed by atoms with Crippen LogP contribution >= 0.6 is 0 Å². The summed E-state index contributed by atoms with van der Waals surface area (Å²) in [4.78, 5) is 6.43. The van der Waals surface area contributed by atoms with Gasteiger partial charge in [0, 0.05) is 31.5 Å². The van der Waals surface area contributed by atoms with E-state index in [1.165, 1.54) is 0 Å². The standard InChI is InChI=1S/C18H23N3O2S/c22-24(23,15-16-6-2-1-3-7-16)20-18-9-5-11-21(14-18)13-17-8-4-10-19-12-17/h1-4,6-8,10,12,18,20H,5,9,11,13-15H2. The van der Waals surface area contributed by atoms with Crippen molar-refractivity contribution in [3.05, 3.63) is 66.0 Å². The van der Waals surface area contributed by atoms with Gasteiger partial charge in [-0.25, -0.2) is 13.1 Å². The summed E-state index contributed by atoms with van der Waals surface area (Å²) >= 11 is 0. The summed E-state index contributed by atoms with van der Waals surface area (Å²) in [7, 11) is -3.32. The number of rotatable bonds is 6. The number of likely N-dealkylation sites (tertiary alicyclic amines) is 1. The molecule has 0 aliphatic carbocycles. The molecule has 5 nitrogen and oxygen atoms in total. The molecule has 6 heteroatoms. The number of piperidine rings is 1. The van der Waals surface area contributed by atoms with Crippen molar-refractivity contribution in [3.63, 3.8) is 0 Å². The zero-order valence-corrected chi connectivity index (χ0v) is 14.5. The van der Waals surface area contributed by atoms with Crippen LogP contribution in [0.5, 0.6) is 0 Å². The summed E-state index contributed by atoms with van der Waals surface area (Å²) in [6.45, 7) is 2.54. The molecule has 1 atom stereocenters. The molecular weight excluding hydrogens is 322 g/mol. The molecule has 1 aromatic carbocycles. The maximum Gasteiger partial charge on any atom is 0.216 e. The molecule has 1 fully saturated rings. The van der Waals surface area contributed by atoms with Crippen LogP contribution in [0.4, 0.5) is 0 Å². The van der Waals surface area contributed by atoms with Gasteiger partial charge in [-0.15, -0.1) is 0 Å². The van der Waals surface area contributed by atoms with E-state index in [9.17, 15) is 8.42 Å². The fourth-order valence-corrected chi connectivity index (χ4v) is 4.55. The van der Waals surface area contributed by atoms with E-state index >= 15 is 0 Å². The maximum atomic E-state index is 12.4. The lowest BCUT2D eigenvalue weighted by Gasteiger charge is -2.32. The van der Waals surface area contributed by atoms with Crippen molar-refractivity contribution in [3.8, 4) is 0 Å². The first kappa shape index (κ1) is 17.1. The third kappa shape index (κ3) is 5.12. The van der Waals surface area contributed by atoms with E-state index in [2.05, 4.69) is 20.7 Å². The molecule has 1 aromatic heterocycles. The summed E-state index contributed by atoms with van der Waals surface area (Å²) in [5.74, 6) is 0.0347. The zero-order valence-electron chi connectivity index (χ0n) is 13.6. The Kier molecular flexibility index (Phi) is 5.60. The van der Waals surface area contributed by atoms with Gasteiger partial charge in [0.05, 0.1) is 5.75 Å². The van der Waals surface area contributed by atoms with E-state index < -0.39 is 10.0 Å². The summed E-state index contributed by atoms with van der Waals surface area (Å²) in [6, 6.07) is 13.3. The number of nitrogens with zero attached hydrogens (tertiary/aromatic N) is 2. The molecule has 2 aromatic rings. The molecule has 1 unspecified atom stereocenters. The van der Waals surface area contributed by atoms with Crippen molar-refractivity contribution < 1.29 is 8.42 Å². The van der Waals surface area contributed by atoms with Crippen LogP contribution in [0.3, 0.4) is 0 Å². The highest BCUT2D eigenvalue weighted by molar-refractivity contribution is 7.88. The minimum Gasteiger partial charge on any atom is -0.297 e. The van der Waals surface area contributed by atoms with E-state index in [0.717, 1.165) is 43.6 Å². The molecule has 128 valence electrons. The second-order valence-electron chi connectivity index (χ2n) is 6.30. The Morgan fingerprint density at radius 1 is 1.12 bits per heavy atom. The number of pyridine rings is 1. The van der Waals surface area contributed by atoms with Crippen molar-refractivity contribution in [2.24, 2.45) is 0 Å². The second-order valence-corrected chi connectivity index (χ2v) is 8.05. The predicted molar refractivity (Wildman–Crippen MR) is 94.7 cm³/mol. The number of hydrogen-bond acceptors (Lipinski definition) is 4. The maximum absolute atomic E-state index is 12.4. The zero-order chi connectivity index (χ0) is 16.8. The highest BCUT2D eigenvalue weighted by atomic mass is 32.2. The quantitative estimate of drug-likeness (QED) is 0.871. The number of nitrogens with one attached hydrogen (secondary N) is 1. The van der Waals surface area contributed by atoms with E-state index in [-0.39, 0.29) is 11.8 Å². The van der Waals surface area contributed by atoms with Gasteiger partial charge in [-0.05, 0) is 36.6 Å². The van der Waals surface area contributed by atoms with Gasteiger partial charge in [-0.1, -0.05) is 36.4 Å². The third-order valence-electron chi connectivity index (χ3n) is 4.18. The van der Waals surface area contributed by atoms with Crippen LogP contribution in [0.1, 0.15) is 24.0 Å². The van der Waals surface area contributed by atoms with Crippen molar-refractivity contribution in [2.45, 2.75) is 31.2 Å². The molecular formula is C18H23N3O2S. The lowest BCUT2D eigenvalue weighted by Crippen LogP contribution is -2.47. The number of sulfonamides is 1. The molecule has 1 saturated heterocycles. The monoisotopic (exact) mass is 345 g/mol. The Morgan fingerprint density at radius 3 is 2.67 bits per heavy atom. The SMILES string of the molecule is O=S(=O)(Cc1ccccc1)NC1CCCN(Cc2cccnc2)C1. The topological polar surface area (TPSA) is 62.3 Å². The normalized spacial score (nSPS) is 19.2. The van der Waals surface area contributed by atoms with Gasteiger partial charge in [0.1, 0.15) is 0 Å². The Labute approximate surface area is 143 Å². The van der Waals surface area contributed by atoms with Crippen molar-refractivity contribution in [1.29, 1.82) is 0 Å². The fraction of sp³-hybridized carbons (Fsp3) is 0.389. The van der Waals surface area contributed by atoms with E-state index in [1.807, 2.05) is 42.6 Å². The minimum absolute atomic E-state index is 0.0240. The van der Waals surface area contributed by atoms with Crippen LogP contribution < -0.4 is 4.72 Å². The Balaban J connectivity index is 1.56. The van der Waals surface area contributed by atoms with Gasteiger partial charge in [0.15, 0.2) is 0 Å². The predicted octanol–water partition coefficient (Wildman–Crippen LogP) is 2.17. The number of benzene rings is 1. The first-order valence-corrected chi connectivity index (χ1v) is 9.91. The van der Waals surface area contributed by atoms with Crippen LogP contribution in [0.2, 0.25) is 0 Å². The van der Waals surface area contributed by atoms with Gasteiger partial charge in [-0.3, -0.25) is 9.88 Å². The van der Waals surface area contributed by atoms with Gasteiger partial charge in [-0.2, -0.15) is 0 Å². The lowest BCUT2D eigenvalue weighted by molar-refractivity contribution is 0.194. The van der Waals surface area contributed by atoms with Crippen LogP contribution in [0.15, 0.2) is 54.9 Å². The molecule has 0 saturated carbocycles. The lowest BCUT2D eigenvalue weighted by atomic mass is 10.1. The van der Waals surface area contributed by atoms with Crippen molar-refractivity contribution in [1.82, 2.24) is 14.6 Å². The van der Waals surface area contributed by atoms with Crippen LogP contribution in [-0.2, 0) is 22.3 Å². The largest absolute Gasteiger partial charge is 0.297 e. The number of aromatic nitrogens is 1. The van der Waals surface area contributed by atoms with Crippen LogP contribution in [-0.4, -0.2) is 37.4 Å². The first-order valence-electron chi connectivity index (χ1n) is 8.26. The summed E-state index contributed by atoms with van der Waals surface area (Å²) in [5, 5.41) is 0. The second kappa shape index (κ2) is 7.88. The minimum atomic E-state index is -3.32. The molecule has 0 amide bonds. The van der Waals surface area contributed by atoms with Crippen molar-refractivity contribution >= 4 is 10.0 Å². The van der Waals surface area contributed by atoms with E-state index in [4.69, 9.17) is 0 Å². The Hall–Kier alpha value is -1.76. The van der Waals surface area contributed by atoms with E-state index in [0.29, 0.717) is 0 Å². The van der Waals surface area contributed by atoms with Gasteiger partial charge in [0.25, 0.3) is 0 Å². The van der Waals surface area contributed by atoms with Crippen molar-refractivity contribution in [2.75, 3.05) is 13.1 Å². The highest BCUT2D eigenvalue weighted by Crippen LogP contribution is 2.15. The Morgan fingerprint density at radius 2 is 1.92 bits per heavy atom. The molecule has 3 rings (SSSR count). The molecule has 1 aliphatic rings. The fourth-order valence-electron chi connectivity index (χ4n) is 3.13. The summed E-state index contributed by atoms with van der Waals surface area (Å²) < 4.78 is 27.7. The van der Waals surface area contributed by atoms with Gasteiger partial charge < -0.3 is 0 Å². The Bertz CT molecular complexity index is 735. The van der Waals surface area contributed by atoms with Crippen LogP contribution in [0.25, 0.3) is 0 Å². The number of hydrogen-bond donors (Lipinski definition) is 1. The molecule has 1 aliphatic heterocycles. The average molecular weight is 345 g/mol. The molecule has 0 spiro atoms. The molecule has 0 radical (unpaired) electrons. The highest BCUT2D eigenvalue weighted by Gasteiger charge is 2.24. The molecule has 24 heavy (non-hydrogen) atoms. The smallest absolute Gasteiger partial charge is 0.216 e. The summed E-state index contributed by atoms with van der Waals surface area (Å²) in [6.07, 6.45) is 5.51. The average Bonchev–Trinajstić information content (AvgIpc) is 2.56. The molecule has 2 heterocycles. The molecule has 0 bridgehead atoms. The first-order chi connectivity index (χ1) is 11.6. The van der Waals surface area contributed by atoms with E-state index in [1.54, 1.807) is 6.20 Å².